The molecule has 3 nitrogen and oxygen atoms in total. The lowest BCUT2D eigenvalue weighted by Gasteiger charge is -2.59. The minimum absolute atomic E-state index is 0.112. The van der Waals surface area contributed by atoms with Crippen LogP contribution in [-0.2, 0) is 9.47 Å². The predicted molar refractivity (Wildman–Crippen MR) is 110 cm³/mol. The molecule has 1 saturated heterocycles. The number of thioether (sulfide) groups is 1. The third-order valence-corrected chi connectivity index (χ3v) is 9.96. The molecule has 0 unspecified atom stereocenters. The van der Waals surface area contributed by atoms with Crippen molar-refractivity contribution in [1.29, 1.82) is 0 Å². The summed E-state index contributed by atoms with van der Waals surface area (Å²) in [4.78, 5) is 0. The first-order chi connectivity index (χ1) is 13.0. The molecule has 4 heteroatoms. The van der Waals surface area contributed by atoms with Crippen LogP contribution < -0.4 is 0 Å². The first-order valence-electron chi connectivity index (χ1n) is 11.2. The largest absolute Gasteiger partial charge is 0.393 e. The summed E-state index contributed by atoms with van der Waals surface area (Å²) in [7, 11) is 0. The van der Waals surface area contributed by atoms with Crippen molar-refractivity contribution in [3.63, 3.8) is 0 Å². The van der Waals surface area contributed by atoms with E-state index in [4.69, 9.17) is 9.47 Å². The number of hydrogen-bond donors (Lipinski definition) is 1. The van der Waals surface area contributed by atoms with Crippen LogP contribution in [0.15, 0.2) is 11.6 Å². The van der Waals surface area contributed by atoms with Crippen LogP contribution in [0.5, 0.6) is 0 Å². The van der Waals surface area contributed by atoms with E-state index >= 15 is 0 Å². The molecule has 0 amide bonds. The predicted octanol–water partition coefficient (Wildman–Crippen LogP) is 4.79. The molecule has 4 aliphatic carbocycles. The summed E-state index contributed by atoms with van der Waals surface area (Å²) in [6.45, 7) is 4.02. The van der Waals surface area contributed by atoms with Gasteiger partial charge in [0.15, 0.2) is 5.79 Å². The van der Waals surface area contributed by atoms with Crippen LogP contribution in [0.3, 0.4) is 0 Å². The first-order valence-corrected chi connectivity index (χ1v) is 12.6. The van der Waals surface area contributed by atoms with Gasteiger partial charge in [0.25, 0.3) is 0 Å². The average molecular weight is 393 g/mol. The SMILES string of the molecule is CSCC[C@]12CC[C@H](O)CC1=CC[C@@H]1[C@@H]2CC[C@@]2(C)[C@H]1CCC21OCCO1. The monoisotopic (exact) mass is 392 g/mol. The molecule has 27 heavy (non-hydrogen) atoms. The zero-order valence-corrected chi connectivity index (χ0v) is 17.9. The smallest absolute Gasteiger partial charge is 0.174 e. The molecule has 0 aromatic carbocycles. The lowest BCUT2D eigenvalue weighted by Crippen LogP contribution is -2.55. The molecule has 1 heterocycles. The summed E-state index contributed by atoms with van der Waals surface area (Å²) in [6, 6.07) is 0. The van der Waals surface area contributed by atoms with E-state index in [1.165, 1.54) is 44.3 Å². The summed E-state index contributed by atoms with van der Waals surface area (Å²) in [5, 5.41) is 10.3. The van der Waals surface area contributed by atoms with Crippen molar-refractivity contribution in [3.05, 3.63) is 11.6 Å². The molecule has 6 atom stereocenters. The Morgan fingerprint density at radius 1 is 1.11 bits per heavy atom. The number of aliphatic hydroxyl groups excluding tert-OH is 1. The molecule has 0 bridgehead atoms. The van der Waals surface area contributed by atoms with Gasteiger partial charge in [-0.25, -0.2) is 0 Å². The second-order valence-electron chi connectivity index (χ2n) is 10.1. The van der Waals surface area contributed by atoms with Crippen LogP contribution in [0.25, 0.3) is 0 Å². The van der Waals surface area contributed by atoms with Crippen LogP contribution in [0.1, 0.15) is 64.7 Å². The van der Waals surface area contributed by atoms with Crippen LogP contribution >= 0.6 is 11.8 Å². The molecule has 4 fully saturated rings. The van der Waals surface area contributed by atoms with Crippen LogP contribution in [0.4, 0.5) is 0 Å². The van der Waals surface area contributed by atoms with Crippen molar-refractivity contribution in [2.75, 3.05) is 25.2 Å². The highest BCUT2D eigenvalue weighted by atomic mass is 32.2. The highest BCUT2D eigenvalue weighted by Gasteiger charge is 2.66. The standard InChI is InChI=1S/C23H36O3S/c1-21-8-6-20-18(19(21)7-10-23(21)25-12-13-26-23)4-3-16-15-17(24)5-9-22(16,20)11-14-27-2/h3,17-20,24H,4-15H2,1-2H3/t17-,18-,19-,20-,21-,22+/m0/s1. The maximum atomic E-state index is 10.3. The minimum atomic E-state index is -0.290. The van der Waals surface area contributed by atoms with E-state index in [0.29, 0.717) is 5.41 Å². The Bertz CT molecular complexity index is 609. The van der Waals surface area contributed by atoms with E-state index < -0.39 is 0 Å². The summed E-state index contributed by atoms with van der Waals surface area (Å²) in [5.74, 6) is 3.25. The van der Waals surface area contributed by atoms with Gasteiger partial charge in [0, 0.05) is 11.8 Å². The number of rotatable bonds is 3. The molecule has 0 radical (unpaired) electrons. The second kappa shape index (κ2) is 6.75. The van der Waals surface area contributed by atoms with E-state index in [-0.39, 0.29) is 17.3 Å². The zero-order chi connectivity index (χ0) is 18.7. The number of ether oxygens (including phenoxy) is 2. The fourth-order valence-electron chi connectivity index (χ4n) is 8.08. The quantitative estimate of drug-likeness (QED) is 0.701. The molecule has 5 aliphatic rings. The van der Waals surface area contributed by atoms with E-state index in [0.717, 1.165) is 50.2 Å². The molecule has 1 spiro atoms. The van der Waals surface area contributed by atoms with Gasteiger partial charge in [-0.15, -0.1) is 0 Å². The van der Waals surface area contributed by atoms with Gasteiger partial charge in [0.2, 0.25) is 0 Å². The topological polar surface area (TPSA) is 38.7 Å². The Balaban J connectivity index is 1.49. The molecule has 1 N–H and O–H groups in total. The molecular formula is C23H36O3S. The summed E-state index contributed by atoms with van der Waals surface area (Å²) in [6.07, 6.45) is 15.2. The van der Waals surface area contributed by atoms with Gasteiger partial charge in [-0.05, 0) is 86.5 Å². The van der Waals surface area contributed by atoms with Crippen molar-refractivity contribution < 1.29 is 14.6 Å². The van der Waals surface area contributed by atoms with Crippen LogP contribution in [-0.4, -0.2) is 42.2 Å². The Morgan fingerprint density at radius 2 is 1.89 bits per heavy atom. The normalized spacial score (nSPS) is 48.0. The van der Waals surface area contributed by atoms with Crippen LogP contribution in [0.2, 0.25) is 0 Å². The third-order valence-electron chi connectivity index (χ3n) is 9.35. The highest BCUT2D eigenvalue weighted by molar-refractivity contribution is 7.98. The lowest BCUT2D eigenvalue weighted by molar-refractivity contribution is -0.242. The summed E-state index contributed by atoms with van der Waals surface area (Å²) in [5.41, 5.74) is 2.16. The van der Waals surface area contributed by atoms with Crippen molar-refractivity contribution >= 4 is 11.8 Å². The maximum Gasteiger partial charge on any atom is 0.174 e. The Morgan fingerprint density at radius 3 is 2.67 bits per heavy atom. The van der Waals surface area contributed by atoms with Gasteiger partial charge < -0.3 is 14.6 Å². The van der Waals surface area contributed by atoms with Crippen molar-refractivity contribution in [2.24, 2.45) is 28.6 Å². The average Bonchev–Trinajstić information content (AvgIpc) is 3.26. The third kappa shape index (κ3) is 2.59. The Kier molecular flexibility index (Phi) is 4.74. The van der Waals surface area contributed by atoms with E-state index in [9.17, 15) is 5.11 Å². The number of allylic oxidation sites excluding steroid dienone is 1. The van der Waals surface area contributed by atoms with Gasteiger partial charge in [-0.1, -0.05) is 18.6 Å². The fraction of sp³-hybridized carbons (Fsp3) is 0.913. The molecule has 5 rings (SSSR count). The number of fused-ring (bicyclic) bond motifs is 6. The van der Waals surface area contributed by atoms with Gasteiger partial charge in [-0.3, -0.25) is 0 Å². The lowest BCUT2D eigenvalue weighted by atomic mass is 9.46. The number of aliphatic hydroxyl groups is 1. The number of hydrogen-bond acceptors (Lipinski definition) is 4. The van der Waals surface area contributed by atoms with Crippen molar-refractivity contribution in [2.45, 2.75) is 76.6 Å². The maximum absolute atomic E-state index is 10.3. The first kappa shape index (κ1) is 19.0. The molecule has 152 valence electrons. The van der Waals surface area contributed by atoms with E-state index in [1.807, 2.05) is 11.8 Å². The van der Waals surface area contributed by atoms with Crippen molar-refractivity contribution in [1.82, 2.24) is 0 Å². The zero-order valence-electron chi connectivity index (χ0n) is 17.0. The van der Waals surface area contributed by atoms with Gasteiger partial charge in [-0.2, -0.15) is 11.8 Å². The van der Waals surface area contributed by atoms with Gasteiger partial charge in [0.1, 0.15) is 0 Å². The Labute approximate surface area is 168 Å². The van der Waals surface area contributed by atoms with Crippen LogP contribution in [0, 0.1) is 28.6 Å². The highest BCUT2D eigenvalue weighted by Crippen LogP contribution is 2.69. The molecular weight excluding hydrogens is 356 g/mol. The fourth-order valence-corrected chi connectivity index (χ4v) is 8.64. The van der Waals surface area contributed by atoms with Gasteiger partial charge >= 0.3 is 0 Å². The van der Waals surface area contributed by atoms with Crippen molar-refractivity contribution in [3.8, 4) is 0 Å². The van der Waals surface area contributed by atoms with E-state index in [1.54, 1.807) is 5.57 Å². The van der Waals surface area contributed by atoms with E-state index in [2.05, 4.69) is 19.3 Å². The molecule has 0 aromatic rings. The molecule has 1 aliphatic heterocycles. The van der Waals surface area contributed by atoms with Gasteiger partial charge in [0.05, 0.1) is 19.3 Å². The summed E-state index contributed by atoms with van der Waals surface area (Å²) >= 11 is 1.99. The summed E-state index contributed by atoms with van der Waals surface area (Å²) < 4.78 is 12.6. The molecule has 3 saturated carbocycles. The second-order valence-corrected chi connectivity index (χ2v) is 11.1. The molecule has 0 aromatic heterocycles. The Hall–Kier alpha value is -0.0300. The minimum Gasteiger partial charge on any atom is -0.393 e.